The lowest BCUT2D eigenvalue weighted by atomic mass is 10.1. The summed E-state index contributed by atoms with van der Waals surface area (Å²) in [4.78, 5) is 0. The minimum atomic E-state index is 0.196. The Morgan fingerprint density at radius 1 is 1.39 bits per heavy atom. The molecular weight excluding hydrogens is 242 g/mol. The fourth-order valence-corrected chi connectivity index (χ4v) is 4.20. The molecule has 2 unspecified atom stereocenters. The van der Waals surface area contributed by atoms with Crippen LogP contribution in [0.3, 0.4) is 0 Å². The molecule has 0 amide bonds. The number of furan rings is 1. The molecule has 1 aliphatic carbocycles. The second-order valence-electron chi connectivity index (χ2n) is 5.42. The standard InChI is InChI=1S/C15H25NOS/c1-3-13(16)15(14-9-8-11(2)17-14)18-10-12-6-4-5-7-12/h8-9,12-13,15H,3-7,10,16H2,1-2H3. The Labute approximate surface area is 115 Å². The maximum Gasteiger partial charge on any atom is 0.118 e. The van der Waals surface area contributed by atoms with Gasteiger partial charge in [-0.15, -0.1) is 11.8 Å². The Bertz CT molecular complexity index is 357. The number of thioether (sulfide) groups is 1. The van der Waals surface area contributed by atoms with Crippen molar-refractivity contribution in [2.75, 3.05) is 5.75 Å². The van der Waals surface area contributed by atoms with Gasteiger partial charge in [0.1, 0.15) is 11.5 Å². The van der Waals surface area contributed by atoms with Crippen molar-refractivity contribution in [3.05, 3.63) is 23.7 Å². The first kappa shape index (κ1) is 14.0. The molecule has 1 heterocycles. The van der Waals surface area contributed by atoms with E-state index in [1.807, 2.05) is 24.8 Å². The molecule has 1 fully saturated rings. The fraction of sp³-hybridized carbons (Fsp3) is 0.733. The van der Waals surface area contributed by atoms with Crippen LogP contribution < -0.4 is 5.73 Å². The number of hydrogen-bond donors (Lipinski definition) is 1. The lowest BCUT2D eigenvalue weighted by Crippen LogP contribution is -2.26. The molecule has 2 rings (SSSR count). The third kappa shape index (κ3) is 3.55. The van der Waals surface area contributed by atoms with Crippen LogP contribution in [0.15, 0.2) is 16.5 Å². The Hall–Kier alpha value is -0.410. The van der Waals surface area contributed by atoms with Crippen molar-refractivity contribution >= 4 is 11.8 Å². The minimum Gasteiger partial charge on any atom is -0.465 e. The third-order valence-electron chi connectivity index (χ3n) is 3.89. The SMILES string of the molecule is CCC(N)C(SCC1CCCC1)c1ccc(C)o1. The van der Waals surface area contributed by atoms with E-state index in [1.165, 1.54) is 31.4 Å². The minimum absolute atomic E-state index is 0.196. The van der Waals surface area contributed by atoms with Gasteiger partial charge in [-0.3, -0.25) is 0 Å². The van der Waals surface area contributed by atoms with Gasteiger partial charge >= 0.3 is 0 Å². The van der Waals surface area contributed by atoms with E-state index in [2.05, 4.69) is 13.0 Å². The summed E-state index contributed by atoms with van der Waals surface area (Å²) in [5.41, 5.74) is 6.26. The van der Waals surface area contributed by atoms with Crippen LogP contribution in [0.1, 0.15) is 55.8 Å². The van der Waals surface area contributed by atoms with E-state index in [1.54, 1.807) is 0 Å². The van der Waals surface area contributed by atoms with Gasteiger partial charge in [0, 0.05) is 6.04 Å². The first-order chi connectivity index (χ1) is 8.70. The van der Waals surface area contributed by atoms with E-state index in [9.17, 15) is 0 Å². The van der Waals surface area contributed by atoms with Crippen molar-refractivity contribution in [1.82, 2.24) is 0 Å². The van der Waals surface area contributed by atoms with Crippen molar-refractivity contribution in [2.45, 2.75) is 57.2 Å². The highest BCUT2D eigenvalue weighted by Gasteiger charge is 2.24. The summed E-state index contributed by atoms with van der Waals surface area (Å²) in [7, 11) is 0. The van der Waals surface area contributed by atoms with Crippen LogP contribution in [0.2, 0.25) is 0 Å². The lowest BCUT2D eigenvalue weighted by Gasteiger charge is -2.22. The Morgan fingerprint density at radius 3 is 2.67 bits per heavy atom. The smallest absolute Gasteiger partial charge is 0.118 e. The first-order valence-electron chi connectivity index (χ1n) is 7.14. The van der Waals surface area contributed by atoms with Crippen LogP contribution in [0.5, 0.6) is 0 Å². The van der Waals surface area contributed by atoms with Gasteiger partial charge < -0.3 is 10.2 Å². The van der Waals surface area contributed by atoms with Crippen molar-refractivity contribution in [3.63, 3.8) is 0 Å². The summed E-state index contributed by atoms with van der Waals surface area (Å²) in [6, 6.07) is 4.33. The maximum atomic E-state index is 6.26. The van der Waals surface area contributed by atoms with E-state index >= 15 is 0 Å². The molecule has 2 atom stereocenters. The average Bonchev–Trinajstić information content (AvgIpc) is 3.01. The van der Waals surface area contributed by atoms with Gasteiger partial charge in [0.15, 0.2) is 0 Å². The van der Waals surface area contributed by atoms with Gasteiger partial charge in [-0.1, -0.05) is 19.8 Å². The lowest BCUT2D eigenvalue weighted by molar-refractivity contribution is 0.454. The molecule has 1 aromatic rings. The highest BCUT2D eigenvalue weighted by Crippen LogP contribution is 2.38. The summed E-state index contributed by atoms with van der Waals surface area (Å²) < 4.78 is 5.78. The molecule has 3 heteroatoms. The molecule has 102 valence electrons. The second kappa shape index (κ2) is 6.67. The van der Waals surface area contributed by atoms with Crippen LogP contribution in [-0.4, -0.2) is 11.8 Å². The van der Waals surface area contributed by atoms with Crippen LogP contribution in [0, 0.1) is 12.8 Å². The molecular formula is C15H25NOS. The molecule has 0 aliphatic heterocycles. The number of rotatable bonds is 6. The molecule has 1 saturated carbocycles. The zero-order chi connectivity index (χ0) is 13.0. The van der Waals surface area contributed by atoms with E-state index in [4.69, 9.17) is 10.2 Å². The number of hydrogen-bond acceptors (Lipinski definition) is 3. The van der Waals surface area contributed by atoms with Crippen LogP contribution in [-0.2, 0) is 0 Å². The highest BCUT2D eigenvalue weighted by atomic mass is 32.2. The summed E-state index contributed by atoms with van der Waals surface area (Å²) in [6.45, 7) is 4.16. The van der Waals surface area contributed by atoms with E-state index in [-0.39, 0.29) is 6.04 Å². The monoisotopic (exact) mass is 267 g/mol. The van der Waals surface area contributed by atoms with E-state index < -0.39 is 0 Å². The largest absolute Gasteiger partial charge is 0.465 e. The summed E-state index contributed by atoms with van der Waals surface area (Å²) >= 11 is 2.00. The highest BCUT2D eigenvalue weighted by molar-refractivity contribution is 7.99. The maximum absolute atomic E-state index is 6.26. The molecule has 0 bridgehead atoms. The fourth-order valence-electron chi connectivity index (χ4n) is 2.65. The van der Waals surface area contributed by atoms with Gasteiger partial charge in [0.25, 0.3) is 0 Å². The molecule has 2 nitrogen and oxygen atoms in total. The molecule has 18 heavy (non-hydrogen) atoms. The third-order valence-corrected chi connectivity index (χ3v) is 5.49. The van der Waals surface area contributed by atoms with Crippen molar-refractivity contribution in [2.24, 2.45) is 11.7 Å². The van der Waals surface area contributed by atoms with Crippen molar-refractivity contribution in [1.29, 1.82) is 0 Å². The quantitative estimate of drug-likeness (QED) is 0.835. The Balaban J connectivity index is 1.96. The van der Waals surface area contributed by atoms with Crippen LogP contribution >= 0.6 is 11.8 Å². The Morgan fingerprint density at radius 2 is 2.11 bits per heavy atom. The average molecular weight is 267 g/mol. The van der Waals surface area contributed by atoms with Gasteiger partial charge in [-0.2, -0.15) is 0 Å². The summed E-state index contributed by atoms with van der Waals surface area (Å²) in [6.07, 6.45) is 6.63. The molecule has 1 aromatic heterocycles. The van der Waals surface area contributed by atoms with Crippen molar-refractivity contribution in [3.8, 4) is 0 Å². The zero-order valence-corrected chi connectivity index (χ0v) is 12.3. The topological polar surface area (TPSA) is 39.2 Å². The molecule has 2 N–H and O–H groups in total. The van der Waals surface area contributed by atoms with Gasteiger partial charge in [0.2, 0.25) is 0 Å². The summed E-state index contributed by atoms with van der Waals surface area (Å²) in [5, 5.41) is 0.323. The van der Waals surface area contributed by atoms with Crippen molar-refractivity contribution < 1.29 is 4.42 Å². The van der Waals surface area contributed by atoms with E-state index in [0.717, 1.165) is 23.9 Å². The molecule has 0 aromatic carbocycles. The van der Waals surface area contributed by atoms with E-state index in [0.29, 0.717) is 5.25 Å². The predicted molar refractivity (Wildman–Crippen MR) is 78.9 cm³/mol. The molecule has 1 aliphatic rings. The van der Waals surface area contributed by atoms with Gasteiger partial charge in [-0.05, 0) is 50.0 Å². The zero-order valence-electron chi connectivity index (χ0n) is 11.5. The number of aryl methyl sites for hydroxylation is 1. The normalized spacial score (nSPS) is 20.2. The van der Waals surface area contributed by atoms with Crippen LogP contribution in [0.4, 0.5) is 0 Å². The second-order valence-corrected chi connectivity index (χ2v) is 6.60. The van der Waals surface area contributed by atoms with Crippen LogP contribution in [0.25, 0.3) is 0 Å². The molecule has 0 spiro atoms. The molecule has 0 saturated heterocycles. The summed E-state index contributed by atoms with van der Waals surface area (Å²) in [5.74, 6) is 4.18. The van der Waals surface area contributed by atoms with Gasteiger partial charge in [0.05, 0.1) is 5.25 Å². The van der Waals surface area contributed by atoms with Gasteiger partial charge in [-0.25, -0.2) is 0 Å². The first-order valence-corrected chi connectivity index (χ1v) is 8.19. The predicted octanol–water partition coefficient (Wildman–Crippen LogP) is 4.29. The molecule has 0 radical (unpaired) electrons. The Kier molecular flexibility index (Phi) is 5.19. The number of nitrogens with two attached hydrogens (primary N) is 1.